The molecule has 0 radical (unpaired) electrons. The normalized spacial score (nSPS) is 10.4. The second-order valence-corrected chi connectivity index (χ2v) is 4.31. The van der Waals surface area contributed by atoms with E-state index in [-0.39, 0.29) is 5.69 Å². The number of rotatable bonds is 7. The number of hydrogen-bond acceptors (Lipinski definition) is 5. The van der Waals surface area contributed by atoms with Gasteiger partial charge in [0.25, 0.3) is 0 Å². The molecular formula is C14H16F2N4O. The zero-order valence-electron chi connectivity index (χ0n) is 11.6. The van der Waals surface area contributed by atoms with E-state index >= 15 is 0 Å². The van der Waals surface area contributed by atoms with E-state index in [0.717, 1.165) is 12.5 Å². The molecule has 0 aliphatic rings. The van der Waals surface area contributed by atoms with Crippen molar-refractivity contribution in [3.63, 3.8) is 0 Å². The molecule has 7 heteroatoms. The summed E-state index contributed by atoms with van der Waals surface area (Å²) in [6.07, 6.45) is 2.21. The van der Waals surface area contributed by atoms with Gasteiger partial charge >= 0.3 is 0 Å². The first kappa shape index (κ1) is 15.1. The van der Waals surface area contributed by atoms with Crippen molar-refractivity contribution in [3.05, 3.63) is 42.2 Å². The van der Waals surface area contributed by atoms with Gasteiger partial charge in [-0.1, -0.05) is 0 Å². The van der Waals surface area contributed by atoms with Crippen LogP contribution in [0.25, 0.3) is 0 Å². The van der Waals surface area contributed by atoms with Crippen LogP contribution < -0.4 is 10.6 Å². The molecule has 1 aromatic carbocycles. The molecule has 1 aromatic heterocycles. The summed E-state index contributed by atoms with van der Waals surface area (Å²) in [4.78, 5) is 8.05. The molecule has 0 aliphatic heterocycles. The third kappa shape index (κ3) is 4.64. The average Bonchev–Trinajstić information content (AvgIpc) is 2.47. The fraction of sp³-hybridized carbons (Fsp3) is 0.286. The van der Waals surface area contributed by atoms with Crippen LogP contribution >= 0.6 is 0 Å². The monoisotopic (exact) mass is 294 g/mol. The largest absolute Gasteiger partial charge is 0.385 e. The Balaban J connectivity index is 2.00. The third-order valence-electron chi connectivity index (χ3n) is 2.69. The van der Waals surface area contributed by atoms with Gasteiger partial charge in [-0.05, 0) is 18.6 Å². The minimum Gasteiger partial charge on any atom is -0.385 e. The summed E-state index contributed by atoms with van der Waals surface area (Å²) < 4.78 is 31.3. The number of benzene rings is 1. The molecule has 1 heterocycles. The maximum atomic E-state index is 13.5. The van der Waals surface area contributed by atoms with E-state index in [1.165, 1.54) is 18.5 Å². The van der Waals surface area contributed by atoms with Gasteiger partial charge in [0.1, 0.15) is 29.6 Å². The molecule has 0 saturated heterocycles. The lowest BCUT2D eigenvalue weighted by atomic mass is 10.3. The van der Waals surface area contributed by atoms with Gasteiger partial charge in [-0.2, -0.15) is 0 Å². The smallest absolute Gasteiger partial charge is 0.149 e. The zero-order chi connectivity index (χ0) is 15.1. The number of anilines is 3. The molecule has 5 nitrogen and oxygen atoms in total. The average molecular weight is 294 g/mol. The van der Waals surface area contributed by atoms with Gasteiger partial charge in [0.2, 0.25) is 0 Å². The minimum absolute atomic E-state index is 0.153. The predicted octanol–water partition coefficient (Wildman–Crippen LogP) is 2.95. The topological polar surface area (TPSA) is 59.1 Å². The van der Waals surface area contributed by atoms with E-state index in [1.807, 2.05) is 0 Å². The predicted molar refractivity (Wildman–Crippen MR) is 76.7 cm³/mol. The molecule has 2 aromatic rings. The maximum Gasteiger partial charge on any atom is 0.149 e. The first-order chi connectivity index (χ1) is 10.2. The van der Waals surface area contributed by atoms with Crippen LogP contribution in [0.1, 0.15) is 6.42 Å². The molecular weight excluding hydrogens is 278 g/mol. The van der Waals surface area contributed by atoms with Crippen LogP contribution in [0, 0.1) is 11.6 Å². The van der Waals surface area contributed by atoms with Crippen molar-refractivity contribution in [2.45, 2.75) is 6.42 Å². The Kier molecular flexibility index (Phi) is 5.39. The Hall–Kier alpha value is -2.28. The molecule has 0 atom stereocenters. The highest BCUT2D eigenvalue weighted by Crippen LogP contribution is 2.20. The number of hydrogen-bond donors (Lipinski definition) is 2. The minimum atomic E-state index is -0.678. The summed E-state index contributed by atoms with van der Waals surface area (Å²) in [7, 11) is 1.64. The van der Waals surface area contributed by atoms with Crippen molar-refractivity contribution in [2.75, 3.05) is 30.9 Å². The highest BCUT2D eigenvalue weighted by atomic mass is 19.1. The molecule has 0 saturated carbocycles. The quantitative estimate of drug-likeness (QED) is 0.769. The second-order valence-electron chi connectivity index (χ2n) is 4.31. The Morgan fingerprint density at radius 3 is 2.71 bits per heavy atom. The number of ether oxygens (including phenoxy) is 1. The molecule has 2 N–H and O–H groups in total. The van der Waals surface area contributed by atoms with E-state index in [4.69, 9.17) is 4.74 Å². The van der Waals surface area contributed by atoms with E-state index in [9.17, 15) is 8.78 Å². The summed E-state index contributed by atoms with van der Waals surface area (Å²) in [5, 5.41) is 5.89. The molecule has 0 bridgehead atoms. The summed E-state index contributed by atoms with van der Waals surface area (Å²) in [5.41, 5.74) is 0.153. The standard InChI is InChI=1S/C14H16F2N4O/c1-21-6-2-5-17-13-8-14(19-9-18-13)20-12-4-3-10(15)7-11(12)16/h3-4,7-9H,2,5-6H2,1H3,(H2,17,18,19,20). The summed E-state index contributed by atoms with van der Waals surface area (Å²) in [5.74, 6) is -0.264. The molecule has 0 unspecified atom stereocenters. The third-order valence-corrected chi connectivity index (χ3v) is 2.69. The Morgan fingerprint density at radius 2 is 1.95 bits per heavy atom. The SMILES string of the molecule is COCCCNc1cc(Nc2ccc(F)cc2F)ncn1. The van der Waals surface area contributed by atoms with Crippen molar-refractivity contribution >= 4 is 17.3 Å². The first-order valence-corrected chi connectivity index (χ1v) is 6.46. The lowest BCUT2D eigenvalue weighted by Gasteiger charge is -2.09. The number of aromatic nitrogens is 2. The van der Waals surface area contributed by atoms with Crippen molar-refractivity contribution in [3.8, 4) is 0 Å². The van der Waals surface area contributed by atoms with Gasteiger partial charge in [0.15, 0.2) is 0 Å². The van der Waals surface area contributed by atoms with Gasteiger partial charge in [-0.15, -0.1) is 0 Å². The molecule has 0 spiro atoms. The van der Waals surface area contributed by atoms with Crippen molar-refractivity contribution in [2.24, 2.45) is 0 Å². The molecule has 0 fully saturated rings. The van der Waals surface area contributed by atoms with Crippen LogP contribution in [-0.4, -0.2) is 30.2 Å². The number of methoxy groups -OCH3 is 1. The summed E-state index contributed by atoms with van der Waals surface area (Å²) in [6, 6.07) is 4.96. The molecule has 2 rings (SSSR count). The Morgan fingerprint density at radius 1 is 1.14 bits per heavy atom. The van der Waals surface area contributed by atoms with Crippen molar-refractivity contribution < 1.29 is 13.5 Å². The van der Waals surface area contributed by atoms with Crippen LogP contribution in [0.5, 0.6) is 0 Å². The van der Waals surface area contributed by atoms with E-state index in [2.05, 4.69) is 20.6 Å². The number of nitrogens with one attached hydrogen (secondary N) is 2. The fourth-order valence-electron chi connectivity index (χ4n) is 1.68. The van der Waals surface area contributed by atoms with Gasteiger partial charge in [0, 0.05) is 32.4 Å². The highest BCUT2D eigenvalue weighted by Gasteiger charge is 2.05. The van der Waals surface area contributed by atoms with Crippen molar-refractivity contribution in [1.29, 1.82) is 0 Å². The number of nitrogens with zero attached hydrogens (tertiary/aromatic N) is 2. The van der Waals surface area contributed by atoms with E-state index in [1.54, 1.807) is 13.2 Å². The zero-order valence-corrected chi connectivity index (χ0v) is 11.6. The summed E-state index contributed by atoms with van der Waals surface area (Å²) >= 11 is 0. The van der Waals surface area contributed by atoms with Crippen molar-refractivity contribution in [1.82, 2.24) is 9.97 Å². The Bertz CT molecular complexity index is 595. The van der Waals surface area contributed by atoms with Crippen LogP contribution in [0.15, 0.2) is 30.6 Å². The van der Waals surface area contributed by atoms with Gasteiger partial charge in [-0.3, -0.25) is 0 Å². The first-order valence-electron chi connectivity index (χ1n) is 6.46. The fourth-order valence-corrected chi connectivity index (χ4v) is 1.68. The summed E-state index contributed by atoms with van der Waals surface area (Å²) in [6.45, 7) is 1.36. The van der Waals surface area contributed by atoms with Gasteiger partial charge in [0.05, 0.1) is 5.69 Å². The number of halogens is 2. The van der Waals surface area contributed by atoms with Crippen LogP contribution in [0.4, 0.5) is 26.1 Å². The molecule has 0 aliphatic carbocycles. The van der Waals surface area contributed by atoms with Crippen LogP contribution in [0.2, 0.25) is 0 Å². The second kappa shape index (κ2) is 7.49. The highest BCUT2D eigenvalue weighted by molar-refractivity contribution is 5.59. The lowest BCUT2D eigenvalue weighted by molar-refractivity contribution is 0.198. The van der Waals surface area contributed by atoms with Crippen LogP contribution in [0.3, 0.4) is 0 Å². The lowest BCUT2D eigenvalue weighted by Crippen LogP contribution is -2.07. The maximum absolute atomic E-state index is 13.5. The molecule has 21 heavy (non-hydrogen) atoms. The van der Waals surface area contributed by atoms with Crippen LogP contribution in [-0.2, 0) is 4.74 Å². The van der Waals surface area contributed by atoms with Gasteiger partial charge < -0.3 is 15.4 Å². The van der Waals surface area contributed by atoms with E-state index < -0.39 is 11.6 Å². The molecule has 0 amide bonds. The Labute approximate surface area is 121 Å². The van der Waals surface area contributed by atoms with E-state index in [0.29, 0.717) is 24.8 Å². The van der Waals surface area contributed by atoms with Gasteiger partial charge in [-0.25, -0.2) is 18.7 Å². The molecule has 112 valence electrons.